The third-order valence-corrected chi connectivity index (χ3v) is 5.23. The average molecular weight is 525 g/mol. The molecule has 2 aliphatic rings. The van der Waals surface area contributed by atoms with Gasteiger partial charge < -0.3 is 22.9 Å². The molecule has 1 atom stereocenters. The van der Waals surface area contributed by atoms with Crippen LogP contribution in [0.2, 0.25) is 39.3 Å². The van der Waals surface area contributed by atoms with Crippen molar-refractivity contribution in [3.05, 3.63) is 97.0 Å². The summed E-state index contributed by atoms with van der Waals surface area (Å²) in [6.45, 7) is 33.5. The molecule has 0 N–H and O–H groups in total. The molecule has 0 fully saturated rings. The standard InChI is InChI=1S/C21H25N2.2C4H11Si.Sc/c1-15-16(2)18(4)20(17(15)3)13-21(19-9-7-6-8-10-19)23-12-11-22(5)14-23;2*1-5(2,3)4;/h6-12,21H,13H2,1-5H3;2*1H2,2-4H3;/q3*-1;+3. The smallest absolute Gasteiger partial charge is 0.349 e. The zero-order chi connectivity index (χ0) is 25.6. The van der Waals surface area contributed by atoms with Crippen LogP contribution >= 0.6 is 0 Å². The maximum absolute atomic E-state index is 3.91. The van der Waals surface area contributed by atoms with E-state index >= 15 is 0 Å². The molecule has 0 spiro atoms. The first-order valence-corrected chi connectivity index (χ1v) is 19.3. The van der Waals surface area contributed by atoms with Crippen molar-refractivity contribution in [3.63, 3.8) is 0 Å². The molecule has 3 rings (SSSR count). The third-order valence-electron chi connectivity index (χ3n) is 5.23. The summed E-state index contributed by atoms with van der Waals surface area (Å²) in [7, 11) is 0.297. The summed E-state index contributed by atoms with van der Waals surface area (Å²) in [4.78, 5) is 4.18. The van der Waals surface area contributed by atoms with Crippen LogP contribution in [0.25, 0.3) is 0 Å². The number of rotatable bonds is 4. The van der Waals surface area contributed by atoms with Gasteiger partial charge in [0.15, 0.2) is 0 Å². The van der Waals surface area contributed by atoms with Crippen LogP contribution in [0, 0.1) is 37.5 Å². The summed E-state index contributed by atoms with van der Waals surface area (Å²) in [6.07, 6.45) is 5.17. The number of hydrogen-bond donors (Lipinski definition) is 0. The van der Waals surface area contributed by atoms with Crippen LogP contribution in [0.5, 0.6) is 0 Å². The summed E-state index contributed by atoms with van der Waals surface area (Å²) in [6, 6.07) is 11.0. The zero-order valence-electron chi connectivity index (χ0n) is 23.7. The number of nitrogens with zero attached hydrogens (tertiary/aromatic N) is 2. The van der Waals surface area contributed by atoms with E-state index in [4.69, 9.17) is 0 Å². The van der Waals surface area contributed by atoms with E-state index in [2.05, 4.69) is 134 Å². The van der Waals surface area contributed by atoms with Crippen molar-refractivity contribution < 1.29 is 25.8 Å². The Hall–Kier alpha value is -0.526. The maximum Gasteiger partial charge on any atom is 3.00 e. The second-order valence-electron chi connectivity index (χ2n) is 11.6. The van der Waals surface area contributed by atoms with Gasteiger partial charge in [-0.1, -0.05) is 95.3 Å². The molecule has 1 aliphatic carbocycles. The summed E-state index contributed by atoms with van der Waals surface area (Å²) in [5.41, 5.74) is 4.21. The van der Waals surface area contributed by atoms with Gasteiger partial charge in [-0.3, -0.25) is 0 Å². The molecule has 1 aromatic rings. The van der Waals surface area contributed by atoms with Crippen molar-refractivity contribution in [2.24, 2.45) is 0 Å². The molecule has 0 amide bonds. The second-order valence-corrected chi connectivity index (χ2v) is 21.9. The molecule has 1 unspecified atom stereocenters. The Bertz CT molecular complexity index is 754. The van der Waals surface area contributed by atoms with Crippen molar-refractivity contribution in [3.8, 4) is 0 Å². The van der Waals surface area contributed by atoms with Crippen LogP contribution in [0.3, 0.4) is 0 Å². The van der Waals surface area contributed by atoms with Gasteiger partial charge in [0, 0.05) is 19.4 Å². The number of allylic oxidation sites excluding steroid dienone is 2. The molecular weight excluding hydrogens is 477 g/mol. The maximum atomic E-state index is 3.91. The molecule has 1 heterocycles. The van der Waals surface area contributed by atoms with Crippen molar-refractivity contribution in [1.29, 1.82) is 0 Å². The Labute approximate surface area is 234 Å². The normalized spacial score (nSPS) is 17.7. The SMILES string of the molecule is C[C]1[C](CC(c2ccccc2)N2[C]N(C)C=C2)C(C)=C(C)[C-]1C.[CH2-][Si](C)(C)C.[CH2-][Si](C)(C)C.[Sc+3]. The van der Waals surface area contributed by atoms with Crippen LogP contribution in [0.4, 0.5) is 0 Å². The van der Waals surface area contributed by atoms with Gasteiger partial charge in [-0.2, -0.15) is 0 Å². The molecule has 184 valence electrons. The van der Waals surface area contributed by atoms with Crippen LogP contribution in [-0.2, 0) is 25.8 Å². The van der Waals surface area contributed by atoms with Crippen LogP contribution in [-0.4, -0.2) is 33.0 Å². The van der Waals surface area contributed by atoms with Crippen molar-refractivity contribution in [2.75, 3.05) is 7.05 Å². The van der Waals surface area contributed by atoms with Crippen molar-refractivity contribution in [2.45, 2.75) is 79.4 Å². The van der Waals surface area contributed by atoms with Gasteiger partial charge in [-0.25, -0.2) is 17.1 Å². The Balaban J connectivity index is 0.000000841. The van der Waals surface area contributed by atoms with E-state index in [1.165, 1.54) is 34.5 Å². The van der Waals surface area contributed by atoms with Gasteiger partial charge in [0.1, 0.15) is 0 Å². The molecule has 0 saturated carbocycles. The summed E-state index contributed by atoms with van der Waals surface area (Å²) < 4.78 is 0. The first kappa shape index (κ1) is 33.5. The largest absolute Gasteiger partial charge is 3.00 e. The average Bonchev–Trinajstić information content (AvgIpc) is 3.17. The van der Waals surface area contributed by atoms with E-state index in [1.54, 1.807) is 0 Å². The van der Waals surface area contributed by atoms with Gasteiger partial charge in [0.2, 0.25) is 6.67 Å². The van der Waals surface area contributed by atoms with Crippen molar-refractivity contribution in [1.82, 2.24) is 9.80 Å². The fourth-order valence-corrected chi connectivity index (χ4v) is 3.44. The van der Waals surface area contributed by atoms with Gasteiger partial charge in [0.05, 0.1) is 6.04 Å². The molecule has 1 aliphatic heterocycles. The third kappa shape index (κ3) is 12.4. The van der Waals surface area contributed by atoms with E-state index in [0.29, 0.717) is 0 Å². The van der Waals surface area contributed by atoms with Crippen LogP contribution in [0.1, 0.15) is 45.7 Å². The molecule has 0 saturated heterocycles. The van der Waals surface area contributed by atoms with E-state index in [-0.39, 0.29) is 31.9 Å². The van der Waals surface area contributed by atoms with Crippen LogP contribution in [0.15, 0.2) is 53.9 Å². The van der Waals surface area contributed by atoms with E-state index in [1.807, 2.05) is 11.9 Å². The number of benzene rings is 1. The predicted molar refractivity (Wildman–Crippen MR) is 153 cm³/mol. The first-order chi connectivity index (χ1) is 15.0. The predicted octanol–water partition coefficient (Wildman–Crippen LogP) is 8.34. The summed E-state index contributed by atoms with van der Waals surface area (Å²) in [5.74, 6) is 4.36. The van der Waals surface area contributed by atoms with Gasteiger partial charge >= 0.3 is 25.8 Å². The minimum Gasteiger partial charge on any atom is -0.349 e. The van der Waals surface area contributed by atoms with Gasteiger partial charge in [-0.05, 0) is 12.0 Å². The zero-order valence-corrected chi connectivity index (χ0v) is 27.5. The molecule has 5 heteroatoms. The molecule has 0 aromatic heterocycles. The fraction of sp³-hybridized carbons (Fsp3) is 0.448. The Kier molecular flexibility index (Phi) is 14.1. The minimum atomic E-state index is -0.861. The quantitative estimate of drug-likeness (QED) is 0.288. The van der Waals surface area contributed by atoms with E-state index in [0.717, 1.165) is 6.42 Å². The fourth-order valence-electron chi connectivity index (χ4n) is 3.44. The summed E-state index contributed by atoms with van der Waals surface area (Å²) >= 11 is 0. The monoisotopic (exact) mass is 524 g/mol. The second kappa shape index (κ2) is 14.3. The topological polar surface area (TPSA) is 6.48 Å². The van der Waals surface area contributed by atoms with Gasteiger partial charge in [-0.15, -0.1) is 30.0 Å². The molecule has 1 aromatic carbocycles. The Morgan fingerprint density at radius 3 is 1.74 bits per heavy atom. The minimum absolute atomic E-state index is 0. The molecule has 34 heavy (non-hydrogen) atoms. The van der Waals surface area contributed by atoms with Crippen molar-refractivity contribution >= 4 is 16.1 Å². The Morgan fingerprint density at radius 1 is 0.912 bits per heavy atom. The summed E-state index contributed by atoms with van der Waals surface area (Å²) in [5, 5.41) is 0. The van der Waals surface area contributed by atoms with Crippen LogP contribution < -0.4 is 0 Å². The van der Waals surface area contributed by atoms with E-state index < -0.39 is 16.1 Å². The molecule has 4 radical (unpaired) electrons. The Morgan fingerprint density at radius 2 is 1.38 bits per heavy atom. The number of hydrogen-bond acceptors (Lipinski definition) is 2. The first-order valence-electron chi connectivity index (χ1n) is 11.9. The van der Waals surface area contributed by atoms with Gasteiger partial charge in [0.25, 0.3) is 0 Å². The van der Waals surface area contributed by atoms with E-state index in [9.17, 15) is 0 Å². The molecule has 2 nitrogen and oxygen atoms in total. The molecule has 0 bridgehead atoms. The molecular formula is C29H47N2ScSi2.